The van der Waals surface area contributed by atoms with Gasteiger partial charge in [0.1, 0.15) is 0 Å². The molecule has 3 heteroatoms. The van der Waals surface area contributed by atoms with Crippen molar-refractivity contribution in [2.24, 2.45) is 0 Å². The molecule has 0 N–H and O–H groups in total. The topological polar surface area (TPSA) is 0 Å². The fraction of sp³-hybridized carbons (Fsp3) is 0.0769. The Bertz CT molecular complexity index is 549. The van der Waals surface area contributed by atoms with Crippen LogP contribution >= 0.6 is 44.7 Å². The first-order valence-corrected chi connectivity index (χ1v) is 7.74. The van der Waals surface area contributed by atoms with Crippen LogP contribution in [0.3, 0.4) is 0 Å². The first-order valence-electron chi connectivity index (χ1n) is 5.25. The molecule has 78 valence electrons. The molecule has 0 saturated carbocycles. The van der Waals surface area contributed by atoms with Crippen LogP contribution < -0.4 is 5.46 Å². The van der Waals surface area contributed by atoms with E-state index in [4.69, 9.17) is 0 Å². The maximum Gasteiger partial charge on any atom is 0.320 e. The first kappa shape index (κ1) is 11.1. The second kappa shape index (κ2) is 4.33. The van der Waals surface area contributed by atoms with Gasteiger partial charge in [0.2, 0.25) is 0 Å². The predicted octanol–water partition coefficient (Wildman–Crippen LogP) is 3.82. The molecule has 0 atom stereocenters. The van der Waals surface area contributed by atoms with E-state index in [-0.39, 0.29) is 0 Å². The summed E-state index contributed by atoms with van der Waals surface area (Å²) < 4.78 is 0.549. The van der Waals surface area contributed by atoms with Crippen molar-refractivity contribution >= 4 is 52.6 Å². The van der Waals surface area contributed by atoms with Crippen LogP contribution in [-0.4, -0.2) is 2.43 Å². The highest BCUT2D eigenvalue weighted by Gasteiger charge is 2.19. The molecule has 0 unspecified atom stereocenters. The molecule has 0 aromatic heterocycles. The third kappa shape index (κ3) is 1.81. The number of benzene rings is 2. The maximum atomic E-state index is 2.46. The Hall–Kier alpha value is -0.0351. The van der Waals surface area contributed by atoms with Crippen LogP contribution in [0, 0.1) is 0 Å². The standard InChI is InChI=1S/C13H9BI2/c15-14(16)11-6-5-10-7-9-3-1-2-4-12(9)13(10)8-11/h1-6,8H,7H2. The summed E-state index contributed by atoms with van der Waals surface area (Å²) in [5, 5.41) is 0. The van der Waals surface area contributed by atoms with E-state index in [0.717, 1.165) is 6.42 Å². The van der Waals surface area contributed by atoms with Crippen LogP contribution in [-0.2, 0) is 6.42 Å². The van der Waals surface area contributed by atoms with Gasteiger partial charge in [0.25, 0.3) is 0 Å². The lowest BCUT2D eigenvalue weighted by Crippen LogP contribution is -2.16. The minimum absolute atomic E-state index is 0.549. The zero-order chi connectivity index (χ0) is 11.1. The third-order valence-electron chi connectivity index (χ3n) is 3.07. The van der Waals surface area contributed by atoms with Gasteiger partial charge in [-0.05, 0) is 28.7 Å². The summed E-state index contributed by atoms with van der Waals surface area (Å²) in [6.45, 7) is 0. The maximum absolute atomic E-state index is 2.46. The smallest absolute Gasteiger partial charge is 0.127 e. The first-order chi connectivity index (χ1) is 7.75. The van der Waals surface area contributed by atoms with Crippen LogP contribution in [0.1, 0.15) is 11.1 Å². The fourth-order valence-corrected chi connectivity index (χ4v) is 3.05. The lowest BCUT2D eigenvalue weighted by Gasteiger charge is -2.04. The van der Waals surface area contributed by atoms with E-state index in [1.807, 2.05) is 0 Å². The number of hydrogen-bond donors (Lipinski definition) is 0. The zero-order valence-corrected chi connectivity index (χ0v) is 12.9. The molecule has 0 heterocycles. The Kier molecular flexibility index (Phi) is 3.00. The van der Waals surface area contributed by atoms with Gasteiger partial charge < -0.3 is 0 Å². The van der Waals surface area contributed by atoms with Gasteiger partial charge in [-0.15, -0.1) is 44.7 Å². The molecule has 3 rings (SSSR count). The molecule has 1 aliphatic rings. The quantitative estimate of drug-likeness (QED) is 0.407. The lowest BCUT2D eigenvalue weighted by atomic mass is 9.91. The van der Waals surface area contributed by atoms with Crippen LogP contribution in [0.2, 0.25) is 0 Å². The van der Waals surface area contributed by atoms with Gasteiger partial charge in [-0.1, -0.05) is 47.9 Å². The van der Waals surface area contributed by atoms with Crippen molar-refractivity contribution in [1.82, 2.24) is 0 Å². The van der Waals surface area contributed by atoms with Gasteiger partial charge in [-0.2, -0.15) is 0 Å². The Morgan fingerprint density at radius 2 is 1.62 bits per heavy atom. The van der Waals surface area contributed by atoms with E-state index in [1.54, 1.807) is 0 Å². The highest BCUT2D eigenvalue weighted by atomic mass is 127. The summed E-state index contributed by atoms with van der Waals surface area (Å²) in [5.74, 6) is 0. The van der Waals surface area contributed by atoms with E-state index >= 15 is 0 Å². The highest BCUT2D eigenvalue weighted by molar-refractivity contribution is 14.3. The summed E-state index contributed by atoms with van der Waals surface area (Å²) in [5.41, 5.74) is 7.21. The summed E-state index contributed by atoms with van der Waals surface area (Å²) in [4.78, 5) is 0. The number of halogens is 2. The number of rotatable bonds is 1. The third-order valence-corrected chi connectivity index (χ3v) is 4.51. The second-order valence-corrected chi connectivity index (χ2v) is 8.93. The van der Waals surface area contributed by atoms with Crippen molar-refractivity contribution in [3.05, 3.63) is 53.6 Å². The van der Waals surface area contributed by atoms with Crippen molar-refractivity contribution in [1.29, 1.82) is 0 Å². The zero-order valence-electron chi connectivity index (χ0n) is 8.58. The molecule has 0 fully saturated rings. The average Bonchev–Trinajstić information content (AvgIpc) is 2.66. The minimum atomic E-state index is 0.549. The molecule has 1 aliphatic carbocycles. The van der Waals surface area contributed by atoms with Crippen LogP contribution in [0.25, 0.3) is 11.1 Å². The molecule has 0 saturated heterocycles. The molecule has 0 aliphatic heterocycles. The van der Waals surface area contributed by atoms with Gasteiger partial charge in [-0.3, -0.25) is 0 Å². The fourth-order valence-electron chi connectivity index (χ4n) is 2.28. The molecular formula is C13H9BI2. The van der Waals surface area contributed by atoms with Crippen molar-refractivity contribution in [3.8, 4) is 11.1 Å². The molecule has 0 bridgehead atoms. The van der Waals surface area contributed by atoms with Gasteiger partial charge in [0.05, 0.1) is 0 Å². The normalized spacial score (nSPS) is 12.1. The van der Waals surface area contributed by atoms with Gasteiger partial charge in [0.15, 0.2) is 0 Å². The molecule has 2 aromatic carbocycles. The number of hydrogen-bond acceptors (Lipinski definition) is 0. The minimum Gasteiger partial charge on any atom is -0.127 e. The van der Waals surface area contributed by atoms with Crippen molar-refractivity contribution < 1.29 is 0 Å². The Balaban J connectivity index is 2.18. The van der Waals surface area contributed by atoms with Crippen LogP contribution in [0.15, 0.2) is 42.5 Å². The second-order valence-electron chi connectivity index (χ2n) is 4.05. The van der Waals surface area contributed by atoms with Crippen molar-refractivity contribution in [2.45, 2.75) is 6.42 Å². The summed E-state index contributed by atoms with van der Waals surface area (Å²) in [6, 6.07) is 15.6. The molecule has 0 radical (unpaired) electrons. The largest absolute Gasteiger partial charge is 0.320 e. The Morgan fingerprint density at radius 3 is 2.44 bits per heavy atom. The Labute approximate surface area is 123 Å². The molecule has 0 spiro atoms. The SMILES string of the molecule is IB(I)c1ccc2c(c1)-c1ccccc1C2. The van der Waals surface area contributed by atoms with E-state index in [0.29, 0.717) is 2.43 Å². The van der Waals surface area contributed by atoms with Crippen molar-refractivity contribution in [2.75, 3.05) is 0 Å². The van der Waals surface area contributed by atoms with E-state index < -0.39 is 0 Å². The molecule has 0 amide bonds. The van der Waals surface area contributed by atoms with E-state index in [2.05, 4.69) is 87.2 Å². The molecule has 2 aromatic rings. The molecule has 0 nitrogen and oxygen atoms in total. The van der Waals surface area contributed by atoms with E-state index in [1.165, 1.54) is 27.7 Å². The van der Waals surface area contributed by atoms with Gasteiger partial charge >= 0.3 is 2.43 Å². The van der Waals surface area contributed by atoms with Crippen molar-refractivity contribution in [3.63, 3.8) is 0 Å². The lowest BCUT2D eigenvalue weighted by molar-refractivity contribution is 1.26. The average molecular weight is 430 g/mol. The van der Waals surface area contributed by atoms with Gasteiger partial charge in [0, 0.05) is 0 Å². The van der Waals surface area contributed by atoms with Crippen LogP contribution in [0.5, 0.6) is 0 Å². The Morgan fingerprint density at radius 1 is 0.875 bits per heavy atom. The monoisotopic (exact) mass is 430 g/mol. The predicted molar refractivity (Wildman–Crippen MR) is 88.1 cm³/mol. The van der Waals surface area contributed by atoms with Gasteiger partial charge in [-0.25, -0.2) is 0 Å². The highest BCUT2D eigenvalue weighted by Crippen LogP contribution is 2.35. The summed E-state index contributed by atoms with van der Waals surface area (Å²) in [6.07, 6.45) is 1.10. The van der Waals surface area contributed by atoms with E-state index in [9.17, 15) is 0 Å². The molecular weight excluding hydrogens is 421 g/mol. The molecule has 16 heavy (non-hydrogen) atoms. The van der Waals surface area contributed by atoms with Crippen LogP contribution in [0.4, 0.5) is 0 Å². The summed E-state index contributed by atoms with van der Waals surface area (Å²) in [7, 11) is 0. The number of fused-ring (bicyclic) bond motifs is 3. The summed E-state index contributed by atoms with van der Waals surface area (Å²) >= 11 is 4.92.